The van der Waals surface area contributed by atoms with E-state index in [0.717, 1.165) is 22.2 Å². The molecule has 0 radical (unpaired) electrons. The van der Waals surface area contributed by atoms with Gasteiger partial charge in [-0.25, -0.2) is 4.98 Å². The molecule has 0 aliphatic carbocycles. The molecule has 2 rings (SSSR count). The van der Waals surface area contributed by atoms with Gasteiger partial charge in [-0.2, -0.15) is 0 Å². The van der Waals surface area contributed by atoms with E-state index in [2.05, 4.69) is 4.98 Å². The molecule has 0 saturated heterocycles. The number of rotatable bonds is 7. The molecule has 4 nitrogen and oxygen atoms in total. The van der Waals surface area contributed by atoms with E-state index in [1.54, 1.807) is 11.3 Å². The van der Waals surface area contributed by atoms with Crippen LogP contribution in [-0.4, -0.2) is 29.4 Å². The quantitative estimate of drug-likeness (QED) is 0.555. The van der Waals surface area contributed by atoms with Gasteiger partial charge in [-0.15, -0.1) is 11.3 Å². The number of carbonyl (C=O) groups is 1. The molecule has 0 amide bonds. The highest BCUT2D eigenvalue weighted by atomic mass is 32.2. The van der Waals surface area contributed by atoms with Crippen LogP contribution in [0.4, 0.5) is 0 Å². The maximum Gasteiger partial charge on any atom is 0.321 e. The molecule has 6 heteroatoms. The van der Waals surface area contributed by atoms with Crippen LogP contribution in [0.15, 0.2) is 34.0 Å². The number of esters is 1. The second-order valence-corrected chi connectivity index (χ2v) is 8.35. The molecule has 0 atom stereocenters. The van der Waals surface area contributed by atoms with Crippen molar-refractivity contribution < 1.29 is 14.3 Å². The van der Waals surface area contributed by atoms with Crippen LogP contribution in [0.5, 0.6) is 5.75 Å². The molecule has 1 aromatic carbocycles. The van der Waals surface area contributed by atoms with Crippen molar-refractivity contribution in [3.05, 3.63) is 40.9 Å². The molecule has 0 unspecified atom stereocenters. The number of aryl methyl sites for hydroxylation is 1. The fourth-order valence-corrected chi connectivity index (χ4v) is 4.17. The summed E-state index contributed by atoms with van der Waals surface area (Å²) in [5.74, 6) is 0.620. The lowest BCUT2D eigenvalue weighted by atomic mass is 10.2. The van der Waals surface area contributed by atoms with Crippen molar-refractivity contribution >= 4 is 29.1 Å². The number of thiazole rings is 1. The standard InChI is InChI=1S/C17H21NO3S2/c1-12-5-7-14(8-6-12)21-10-9-13-11-22-16(18-13)23-17(2,3)15(19)20-4/h5-8,11H,9-10H2,1-4H3. The van der Waals surface area contributed by atoms with Gasteiger partial charge < -0.3 is 9.47 Å². The molecule has 0 aliphatic rings. The largest absolute Gasteiger partial charge is 0.493 e. The molecule has 124 valence electrons. The van der Waals surface area contributed by atoms with Crippen molar-refractivity contribution in [1.29, 1.82) is 0 Å². The first-order valence-corrected chi connectivity index (χ1v) is 9.01. The van der Waals surface area contributed by atoms with Crippen LogP contribution >= 0.6 is 23.1 Å². The molecule has 1 aromatic heterocycles. The van der Waals surface area contributed by atoms with Gasteiger partial charge >= 0.3 is 5.97 Å². The molecule has 0 saturated carbocycles. The lowest BCUT2D eigenvalue weighted by Gasteiger charge is -2.18. The minimum atomic E-state index is -0.637. The highest BCUT2D eigenvalue weighted by Gasteiger charge is 2.31. The van der Waals surface area contributed by atoms with Gasteiger partial charge in [0.2, 0.25) is 0 Å². The smallest absolute Gasteiger partial charge is 0.321 e. The monoisotopic (exact) mass is 351 g/mol. The van der Waals surface area contributed by atoms with Crippen LogP contribution in [0, 0.1) is 6.92 Å². The zero-order valence-corrected chi connectivity index (χ0v) is 15.4. The Morgan fingerprint density at radius 2 is 2.00 bits per heavy atom. The highest BCUT2D eigenvalue weighted by Crippen LogP contribution is 2.35. The molecule has 23 heavy (non-hydrogen) atoms. The fourth-order valence-electron chi connectivity index (χ4n) is 1.86. The Hall–Kier alpha value is -1.53. The van der Waals surface area contributed by atoms with Crippen LogP contribution < -0.4 is 4.74 Å². The maximum absolute atomic E-state index is 11.7. The molecule has 0 bridgehead atoms. The van der Waals surface area contributed by atoms with E-state index in [1.807, 2.05) is 50.4 Å². The second kappa shape index (κ2) is 7.84. The van der Waals surface area contributed by atoms with Crippen molar-refractivity contribution in [1.82, 2.24) is 4.98 Å². The molecule has 0 aliphatic heterocycles. The van der Waals surface area contributed by atoms with Crippen molar-refractivity contribution in [2.24, 2.45) is 0 Å². The average molecular weight is 351 g/mol. The Morgan fingerprint density at radius 1 is 1.30 bits per heavy atom. The normalized spacial score (nSPS) is 11.3. The summed E-state index contributed by atoms with van der Waals surface area (Å²) in [7, 11) is 1.40. The molecule has 1 heterocycles. The second-order valence-electron chi connectivity index (χ2n) is 5.62. The average Bonchev–Trinajstić information content (AvgIpc) is 2.95. The first kappa shape index (κ1) is 17.8. The molecule has 2 aromatic rings. The summed E-state index contributed by atoms with van der Waals surface area (Å²) in [6, 6.07) is 8.00. The van der Waals surface area contributed by atoms with Crippen LogP contribution in [0.1, 0.15) is 25.1 Å². The summed E-state index contributed by atoms with van der Waals surface area (Å²) < 4.78 is 10.8. The Bertz CT molecular complexity index is 650. The van der Waals surface area contributed by atoms with E-state index in [4.69, 9.17) is 9.47 Å². The number of carbonyl (C=O) groups excluding carboxylic acids is 1. The third-order valence-corrected chi connectivity index (χ3v) is 5.36. The van der Waals surface area contributed by atoms with Crippen LogP contribution in [0.2, 0.25) is 0 Å². The lowest BCUT2D eigenvalue weighted by molar-refractivity contribution is -0.142. The molecule has 0 N–H and O–H groups in total. The third kappa shape index (κ3) is 5.25. The van der Waals surface area contributed by atoms with Gasteiger partial charge in [-0.05, 0) is 32.9 Å². The van der Waals surface area contributed by atoms with Gasteiger partial charge in [-0.1, -0.05) is 29.5 Å². The third-order valence-electron chi connectivity index (χ3n) is 3.20. The van der Waals surface area contributed by atoms with E-state index >= 15 is 0 Å². The van der Waals surface area contributed by atoms with Crippen LogP contribution in [-0.2, 0) is 16.0 Å². The number of nitrogens with zero attached hydrogens (tertiary/aromatic N) is 1. The number of hydrogen-bond donors (Lipinski definition) is 0. The molecule has 0 spiro atoms. The van der Waals surface area contributed by atoms with E-state index in [-0.39, 0.29) is 5.97 Å². The topological polar surface area (TPSA) is 48.4 Å². The summed E-state index contributed by atoms with van der Waals surface area (Å²) in [5.41, 5.74) is 2.19. The highest BCUT2D eigenvalue weighted by molar-refractivity contribution is 8.03. The van der Waals surface area contributed by atoms with Gasteiger partial charge in [0.25, 0.3) is 0 Å². The Kier molecular flexibility index (Phi) is 6.07. The van der Waals surface area contributed by atoms with Crippen molar-refractivity contribution in [2.45, 2.75) is 36.3 Å². The van der Waals surface area contributed by atoms with Crippen LogP contribution in [0.3, 0.4) is 0 Å². The van der Waals surface area contributed by atoms with E-state index < -0.39 is 4.75 Å². The zero-order chi connectivity index (χ0) is 16.9. The minimum Gasteiger partial charge on any atom is -0.493 e. The number of aromatic nitrogens is 1. The van der Waals surface area contributed by atoms with Crippen molar-refractivity contribution in [2.75, 3.05) is 13.7 Å². The zero-order valence-electron chi connectivity index (χ0n) is 13.8. The number of methoxy groups -OCH3 is 1. The first-order valence-electron chi connectivity index (χ1n) is 7.32. The Balaban J connectivity index is 1.85. The predicted molar refractivity (Wildman–Crippen MR) is 94.4 cm³/mol. The number of hydrogen-bond acceptors (Lipinski definition) is 6. The summed E-state index contributed by atoms with van der Waals surface area (Å²) in [4.78, 5) is 16.3. The van der Waals surface area contributed by atoms with Crippen LogP contribution in [0.25, 0.3) is 0 Å². The van der Waals surface area contributed by atoms with Gasteiger partial charge in [0.15, 0.2) is 4.34 Å². The number of ether oxygens (including phenoxy) is 2. The van der Waals surface area contributed by atoms with Gasteiger partial charge in [0, 0.05) is 11.8 Å². The van der Waals surface area contributed by atoms with Gasteiger partial charge in [0.1, 0.15) is 10.5 Å². The summed E-state index contributed by atoms with van der Waals surface area (Å²) in [6.45, 7) is 6.31. The van der Waals surface area contributed by atoms with Gasteiger partial charge in [0.05, 0.1) is 19.4 Å². The molecular weight excluding hydrogens is 330 g/mol. The van der Waals surface area contributed by atoms with E-state index in [0.29, 0.717) is 6.61 Å². The summed E-state index contributed by atoms with van der Waals surface area (Å²) >= 11 is 2.96. The lowest BCUT2D eigenvalue weighted by Crippen LogP contribution is -2.28. The van der Waals surface area contributed by atoms with E-state index in [9.17, 15) is 4.79 Å². The Labute approximate surface area is 145 Å². The molecule has 0 fully saturated rings. The fraction of sp³-hybridized carbons (Fsp3) is 0.412. The Morgan fingerprint density at radius 3 is 2.65 bits per heavy atom. The SMILES string of the molecule is COC(=O)C(C)(C)Sc1nc(CCOc2ccc(C)cc2)cs1. The maximum atomic E-state index is 11.7. The van der Waals surface area contributed by atoms with Gasteiger partial charge in [-0.3, -0.25) is 4.79 Å². The summed E-state index contributed by atoms with van der Waals surface area (Å²) in [6.07, 6.45) is 0.740. The van der Waals surface area contributed by atoms with E-state index in [1.165, 1.54) is 24.4 Å². The first-order chi connectivity index (χ1) is 10.9. The van der Waals surface area contributed by atoms with Crippen molar-refractivity contribution in [3.63, 3.8) is 0 Å². The number of thioether (sulfide) groups is 1. The predicted octanol–water partition coefficient (Wildman–Crippen LogP) is 4.12. The minimum absolute atomic E-state index is 0.248. The summed E-state index contributed by atoms with van der Waals surface area (Å²) in [5, 5.41) is 2.01. The molecular formula is C17H21NO3S2. The van der Waals surface area contributed by atoms with Crippen molar-refractivity contribution in [3.8, 4) is 5.75 Å². The number of benzene rings is 1.